The summed E-state index contributed by atoms with van der Waals surface area (Å²) in [5.74, 6) is 1.17. The van der Waals surface area contributed by atoms with E-state index in [4.69, 9.17) is 22.1 Å². The molecular formula is C12H15ClN2O2. The number of hydrogen-bond donors (Lipinski definition) is 1. The fourth-order valence-electron chi connectivity index (χ4n) is 1.87. The molecule has 1 amide bonds. The summed E-state index contributed by atoms with van der Waals surface area (Å²) in [6, 6.07) is 5.32. The van der Waals surface area contributed by atoms with Crippen LogP contribution in [0.5, 0.6) is 5.75 Å². The molecule has 1 heterocycles. The van der Waals surface area contributed by atoms with Crippen LogP contribution in [0.25, 0.3) is 0 Å². The molecule has 2 N–H and O–H groups in total. The highest BCUT2D eigenvalue weighted by Crippen LogP contribution is 2.35. The highest BCUT2D eigenvalue weighted by molar-refractivity contribution is 6.17. The second-order valence-electron chi connectivity index (χ2n) is 4.02. The summed E-state index contributed by atoms with van der Waals surface area (Å²) in [6.07, 6.45) is 0.287. The molecule has 0 aromatic heterocycles. The molecule has 92 valence electrons. The van der Waals surface area contributed by atoms with Crippen LogP contribution in [-0.4, -0.2) is 24.4 Å². The van der Waals surface area contributed by atoms with E-state index in [1.165, 1.54) is 0 Å². The van der Waals surface area contributed by atoms with Crippen molar-refractivity contribution < 1.29 is 9.53 Å². The van der Waals surface area contributed by atoms with Gasteiger partial charge in [0.1, 0.15) is 5.75 Å². The first kappa shape index (κ1) is 12.0. The van der Waals surface area contributed by atoms with Gasteiger partial charge in [-0.2, -0.15) is 0 Å². The molecule has 17 heavy (non-hydrogen) atoms. The van der Waals surface area contributed by atoms with Crippen molar-refractivity contribution in [3.05, 3.63) is 18.2 Å². The third kappa shape index (κ3) is 2.31. The molecule has 1 aliphatic rings. The van der Waals surface area contributed by atoms with Crippen LogP contribution in [0.4, 0.5) is 11.4 Å². The van der Waals surface area contributed by atoms with E-state index in [-0.39, 0.29) is 5.91 Å². The topological polar surface area (TPSA) is 55.6 Å². The molecule has 5 heteroatoms. The summed E-state index contributed by atoms with van der Waals surface area (Å²) in [7, 11) is 0. The maximum Gasteiger partial charge on any atom is 0.267 e. The Morgan fingerprint density at radius 3 is 3.00 bits per heavy atom. The van der Waals surface area contributed by atoms with E-state index in [1.807, 2.05) is 0 Å². The monoisotopic (exact) mass is 254 g/mol. The van der Waals surface area contributed by atoms with Gasteiger partial charge in [0.05, 0.1) is 5.69 Å². The van der Waals surface area contributed by atoms with Crippen molar-refractivity contribution in [2.24, 2.45) is 0 Å². The molecule has 0 fully saturated rings. The average molecular weight is 255 g/mol. The van der Waals surface area contributed by atoms with E-state index in [1.54, 1.807) is 30.0 Å². The normalized spacial score (nSPS) is 18.8. The van der Waals surface area contributed by atoms with E-state index in [0.717, 1.165) is 12.1 Å². The molecule has 0 spiro atoms. The lowest BCUT2D eigenvalue weighted by Gasteiger charge is -2.33. The highest BCUT2D eigenvalue weighted by Gasteiger charge is 2.30. The van der Waals surface area contributed by atoms with Crippen LogP contribution in [0.2, 0.25) is 0 Å². The summed E-state index contributed by atoms with van der Waals surface area (Å²) in [4.78, 5) is 13.7. The number of fused-ring (bicyclic) bond motifs is 1. The highest BCUT2D eigenvalue weighted by atomic mass is 35.5. The zero-order valence-electron chi connectivity index (χ0n) is 9.65. The van der Waals surface area contributed by atoms with Crippen LogP contribution in [0.3, 0.4) is 0 Å². The molecule has 0 saturated carbocycles. The minimum Gasteiger partial charge on any atom is -0.479 e. The van der Waals surface area contributed by atoms with Crippen molar-refractivity contribution in [1.82, 2.24) is 0 Å². The Bertz CT molecular complexity index is 437. The minimum atomic E-state index is -0.457. The minimum absolute atomic E-state index is 0.0479. The number of anilines is 2. The third-order valence-corrected chi connectivity index (χ3v) is 2.97. The predicted molar refractivity (Wildman–Crippen MR) is 68.6 cm³/mol. The van der Waals surface area contributed by atoms with Gasteiger partial charge in [-0.1, -0.05) is 0 Å². The molecule has 0 radical (unpaired) electrons. The molecule has 0 saturated heterocycles. The van der Waals surface area contributed by atoms with Gasteiger partial charge in [0.15, 0.2) is 6.10 Å². The second kappa shape index (κ2) is 4.84. The summed E-state index contributed by atoms with van der Waals surface area (Å²) in [5, 5.41) is 0. The van der Waals surface area contributed by atoms with Crippen LogP contribution in [0.15, 0.2) is 18.2 Å². The first-order valence-electron chi connectivity index (χ1n) is 5.57. The van der Waals surface area contributed by atoms with Gasteiger partial charge in [-0.3, -0.25) is 4.79 Å². The van der Waals surface area contributed by atoms with Crippen molar-refractivity contribution in [2.75, 3.05) is 23.1 Å². The predicted octanol–water partition coefficient (Wildman–Crippen LogP) is 2.01. The second-order valence-corrected chi connectivity index (χ2v) is 4.40. The molecule has 0 aliphatic carbocycles. The molecule has 1 aromatic rings. The number of nitrogens with two attached hydrogens (primary N) is 1. The Morgan fingerprint density at radius 2 is 2.29 bits per heavy atom. The standard InChI is InChI=1S/C12H15ClN2O2/c1-8-12(16)15(6-2-5-13)10-7-9(14)3-4-11(10)17-8/h3-4,7-8H,2,5-6,14H2,1H3. The lowest BCUT2D eigenvalue weighted by molar-refractivity contribution is -0.125. The van der Waals surface area contributed by atoms with E-state index in [2.05, 4.69) is 0 Å². The molecule has 1 aromatic carbocycles. The van der Waals surface area contributed by atoms with Gasteiger partial charge < -0.3 is 15.4 Å². The van der Waals surface area contributed by atoms with Crippen LogP contribution in [0.1, 0.15) is 13.3 Å². The largest absolute Gasteiger partial charge is 0.479 e. The van der Waals surface area contributed by atoms with E-state index >= 15 is 0 Å². The Hall–Kier alpha value is -1.42. The van der Waals surface area contributed by atoms with Crippen LogP contribution in [0, 0.1) is 0 Å². The van der Waals surface area contributed by atoms with E-state index in [0.29, 0.717) is 23.9 Å². The maximum atomic E-state index is 12.0. The lowest BCUT2D eigenvalue weighted by atomic mass is 10.1. The van der Waals surface area contributed by atoms with Crippen molar-refractivity contribution in [1.29, 1.82) is 0 Å². The number of halogens is 1. The first-order chi connectivity index (χ1) is 8.13. The lowest BCUT2D eigenvalue weighted by Crippen LogP contribution is -2.45. The first-order valence-corrected chi connectivity index (χ1v) is 6.10. The molecule has 2 rings (SSSR count). The fraction of sp³-hybridized carbons (Fsp3) is 0.417. The summed E-state index contributed by atoms with van der Waals surface area (Å²) in [5.41, 5.74) is 7.08. The number of ether oxygens (including phenoxy) is 1. The quantitative estimate of drug-likeness (QED) is 0.663. The molecular weight excluding hydrogens is 240 g/mol. The summed E-state index contributed by atoms with van der Waals surface area (Å²) in [6.45, 7) is 2.34. The molecule has 1 unspecified atom stereocenters. The van der Waals surface area contributed by atoms with Crippen molar-refractivity contribution >= 4 is 28.9 Å². The van der Waals surface area contributed by atoms with E-state index < -0.39 is 6.10 Å². The number of amides is 1. The molecule has 4 nitrogen and oxygen atoms in total. The number of carbonyl (C=O) groups is 1. The molecule has 0 bridgehead atoms. The Kier molecular flexibility index (Phi) is 3.43. The molecule has 1 aliphatic heterocycles. The number of carbonyl (C=O) groups excluding carboxylic acids is 1. The number of alkyl halides is 1. The Labute approximate surface area is 105 Å². The van der Waals surface area contributed by atoms with E-state index in [9.17, 15) is 4.79 Å². The number of rotatable bonds is 3. The fourth-order valence-corrected chi connectivity index (χ4v) is 1.99. The smallest absolute Gasteiger partial charge is 0.267 e. The van der Waals surface area contributed by atoms with Gasteiger partial charge in [0.25, 0.3) is 5.91 Å². The zero-order chi connectivity index (χ0) is 12.4. The Morgan fingerprint density at radius 1 is 1.53 bits per heavy atom. The summed E-state index contributed by atoms with van der Waals surface area (Å²) < 4.78 is 5.53. The van der Waals surface area contributed by atoms with Gasteiger partial charge >= 0.3 is 0 Å². The van der Waals surface area contributed by atoms with Gasteiger partial charge in [-0.15, -0.1) is 11.6 Å². The van der Waals surface area contributed by atoms with Crippen molar-refractivity contribution in [3.8, 4) is 5.75 Å². The van der Waals surface area contributed by atoms with Crippen LogP contribution in [-0.2, 0) is 4.79 Å². The zero-order valence-corrected chi connectivity index (χ0v) is 10.4. The number of hydrogen-bond acceptors (Lipinski definition) is 3. The van der Waals surface area contributed by atoms with Crippen molar-refractivity contribution in [3.63, 3.8) is 0 Å². The summed E-state index contributed by atoms with van der Waals surface area (Å²) >= 11 is 5.67. The van der Waals surface area contributed by atoms with Gasteiger partial charge in [0.2, 0.25) is 0 Å². The SMILES string of the molecule is CC1Oc2ccc(N)cc2N(CCCCl)C1=O. The molecule has 1 atom stereocenters. The van der Waals surface area contributed by atoms with Gasteiger partial charge in [-0.05, 0) is 31.5 Å². The maximum absolute atomic E-state index is 12.0. The van der Waals surface area contributed by atoms with Gasteiger partial charge in [0, 0.05) is 18.1 Å². The number of benzene rings is 1. The number of nitrogen functional groups attached to an aromatic ring is 1. The van der Waals surface area contributed by atoms with Gasteiger partial charge in [-0.25, -0.2) is 0 Å². The van der Waals surface area contributed by atoms with Crippen LogP contribution < -0.4 is 15.4 Å². The third-order valence-electron chi connectivity index (χ3n) is 2.71. The Balaban J connectivity index is 2.36. The number of nitrogens with zero attached hydrogens (tertiary/aromatic N) is 1. The van der Waals surface area contributed by atoms with Crippen molar-refractivity contribution in [2.45, 2.75) is 19.4 Å². The van der Waals surface area contributed by atoms with Crippen LogP contribution >= 0.6 is 11.6 Å². The average Bonchev–Trinajstić information content (AvgIpc) is 2.31.